The molecule has 0 aliphatic carbocycles. The maximum absolute atomic E-state index is 9.59. The van der Waals surface area contributed by atoms with Gasteiger partial charge in [-0.1, -0.05) is 34.1 Å². The van der Waals surface area contributed by atoms with Crippen molar-refractivity contribution in [2.24, 2.45) is 0 Å². The van der Waals surface area contributed by atoms with Crippen molar-refractivity contribution in [2.75, 3.05) is 25.2 Å². The van der Waals surface area contributed by atoms with Gasteiger partial charge in [0.25, 0.3) is 0 Å². The van der Waals surface area contributed by atoms with E-state index in [1.165, 1.54) is 0 Å². The number of hydrogen-bond acceptors (Lipinski definition) is 3. The van der Waals surface area contributed by atoms with Crippen LogP contribution in [0.4, 0.5) is 0 Å². The third kappa shape index (κ3) is 3.00. The summed E-state index contributed by atoms with van der Waals surface area (Å²) in [7, 11) is 0. The van der Waals surface area contributed by atoms with Crippen LogP contribution in [0.5, 0.6) is 0 Å². The van der Waals surface area contributed by atoms with Crippen LogP contribution in [0, 0.1) is 0 Å². The van der Waals surface area contributed by atoms with Crippen LogP contribution in [0.1, 0.15) is 12.0 Å². The molecule has 0 atom stereocenters. The van der Waals surface area contributed by atoms with Crippen LogP contribution in [0.25, 0.3) is 0 Å². The summed E-state index contributed by atoms with van der Waals surface area (Å²) in [5.74, 6) is 0.919. The largest absolute Gasteiger partial charge is 0.395 e. The Kier molecular flexibility index (Phi) is 5.83. The highest BCUT2D eigenvalue weighted by molar-refractivity contribution is 9.10. The van der Waals surface area contributed by atoms with E-state index in [9.17, 15) is 10.2 Å². The van der Waals surface area contributed by atoms with Crippen molar-refractivity contribution in [2.45, 2.75) is 11.8 Å². The molecule has 4 heteroatoms. The first-order chi connectivity index (χ1) is 7.70. The molecule has 0 unspecified atom stereocenters. The maximum Gasteiger partial charge on any atom is 0.0550 e. The van der Waals surface area contributed by atoms with Crippen molar-refractivity contribution in [3.05, 3.63) is 34.3 Å². The summed E-state index contributed by atoms with van der Waals surface area (Å²) in [6.45, 7) is -0.0701. The second kappa shape index (κ2) is 6.64. The molecule has 0 saturated heterocycles. The predicted molar refractivity (Wildman–Crippen MR) is 73.0 cm³/mol. The smallest absolute Gasteiger partial charge is 0.0550 e. The topological polar surface area (TPSA) is 40.5 Å². The summed E-state index contributed by atoms with van der Waals surface area (Å²) < 4.78 is 0.944. The molecule has 0 bridgehead atoms. The zero-order chi connectivity index (χ0) is 12.0. The fourth-order valence-corrected chi connectivity index (χ4v) is 3.00. The lowest BCUT2D eigenvalue weighted by Gasteiger charge is -2.31. The van der Waals surface area contributed by atoms with Gasteiger partial charge in [0.1, 0.15) is 0 Å². The Balaban J connectivity index is 3.05. The summed E-state index contributed by atoms with van der Waals surface area (Å²) >= 11 is 5.20. The van der Waals surface area contributed by atoms with E-state index in [0.29, 0.717) is 0 Å². The van der Waals surface area contributed by atoms with Crippen molar-refractivity contribution >= 4 is 27.7 Å². The van der Waals surface area contributed by atoms with Crippen LogP contribution in [-0.4, -0.2) is 35.4 Å². The number of rotatable bonds is 6. The van der Waals surface area contributed by atoms with Gasteiger partial charge in [-0.05, 0) is 30.1 Å². The Labute approximate surface area is 109 Å². The molecule has 2 nitrogen and oxygen atoms in total. The Bertz CT molecular complexity index is 327. The van der Waals surface area contributed by atoms with Crippen LogP contribution in [0.15, 0.2) is 28.7 Å². The van der Waals surface area contributed by atoms with Gasteiger partial charge in [0.2, 0.25) is 0 Å². The van der Waals surface area contributed by atoms with E-state index in [1.807, 2.05) is 30.5 Å². The molecule has 0 radical (unpaired) electrons. The molecule has 0 heterocycles. The molecule has 0 aliphatic heterocycles. The third-order valence-corrected chi connectivity index (χ3v) is 4.14. The monoisotopic (exact) mass is 304 g/mol. The first-order valence-corrected chi connectivity index (χ1v) is 7.34. The van der Waals surface area contributed by atoms with Crippen LogP contribution >= 0.6 is 27.7 Å². The maximum atomic E-state index is 9.59. The highest BCUT2D eigenvalue weighted by Crippen LogP contribution is 2.33. The summed E-state index contributed by atoms with van der Waals surface area (Å²) in [5.41, 5.74) is 0.442. The van der Waals surface area contributed by atoms with Crippen molar-refractivity contribution in [1.29, 1.82) is 0 Å². The molecular formula is C12H17BrO2S. The minimum atomic E-state index is -0.539. The molecule has 1 aromatic rings. The molecule has 0 fully saturated rings. The van der Waals surface area contributed by atoms with Gasteiger partial charge in [0, 0.05) is 9.89 Å². The lowest BCUT2D eigenvalue weighted by atomic mass is 9.79. The zero-order valence-corrected chi connectivity index (χ0v) is 11.7. The fourth-order valence-electron chi connectivity index (χ4n) is 1.70. The number of aliphatic hydroxyl groups excluding tert-OH is 2. The molecule has 1 aromatic carbocycles. The average molecular weight is 305 g/mol. The van der Waals surface area contributed by atoms with Crippen molar-refractivity contribution in [3.63, 3.8) is 0 Å². The van der Waals surface area contributed by atoms with Crippen molar-refractivity contribution in [1.82, 2.24) is 0 Å². The van der Waals surface area contributed by atoms with E-state index in [0.717, 1.165) is 22.2 Å². The van der Waals surface area contributed by atoms with E-state index in [-0.39, 0.29) is 13.2 Å². The number of thioether (sulfide) groups is 1. The van der Waals surface area contributed by atoms with Gasteiger partial charge in [-0.2, -0.15) is 11.8 Å². The van der Waals surface area contributed by atoms with Gasteiger partial charge in [-0.25, -0.2) is 0 Å². The molecule has 0 aliphatic rings. The highest BCUT2D eigenvalue weighted by atomic mass is 79.9. The predicted octanol–water partition coefficient (Wildman–Crippen LogP) is 2.42. The van der Waals surface area contributed by atoms with Crippen LogP contribution in [-0.2, 0) is 5.41 Å². The third-order valence-electron chi connectivity index (χ3n) is 2.84. The second-order valence-corrected chi connectivity index (χ2v) is 5.66. The van der Waals surface area contributed by atoms with Crippen molar-refractivity contribution in [3.8, 4) is 0 Å². The van der Waals surface area contributed by atoms with Gasteiger partial charge in [-0.3, -0.25) is 0 Å². The quantitative estimate of drug-likeness (QED) is 0.848. The molecule has 0 spiro atoms. The Hall–Kier alpha value is -0.0300. The summed E-state index contributed by atoms with van der Waals surface area (Å²) in [6.07, 6.45) is 2.79. The van der Waals surface area contributed by atoms with Crippen LogP contribution in [0.2, 0.25) is 0 Å². The molecule has 0 amide bonds. The van der Waals surface area contributed by atoms with E-state index in [4.69, 9.17) is 0 Å². The zero-order valence-electron chi connectivity index (χ0n) is 9.32. The lowest BCUT2D eigenvalue weighted by Crippen LogP contribution is -2.36. The fraction of sp³-hybridized carbons (Fsp3) is 0.500. The normalized spacial score (nSPS) is 11.8. The minimum absolute atomic E-state index is 0.0350. The van der Waals surface area contributed by atoms with Gasteiger partial charge in [0.15, 0.2) is 0 Å². The molecule has 0 saturated carbocycles. The standard InChI is InChI=1S/C12H17BrO2S/c1-16-7-6-12(8-14,9-15)10-4-2-3-5-11(10)13/h2-5,14-15H,6-9H2,1H3. The second-order valence-electron chi connectivity index (χ2n) is 3.82. The average Bonchev–Trinajstić information content (AvgIpc) is 2.33. The van der Waals surface area contributed by atoms with E-state index >= 15 is 0 Å². The first-order valence-electron chi connectivity index (χ1n) is 5.16. The first kappa shape index (κ1) is 14.0. The highest BCUT2D eigenvalue weighted by Gasteiger charge is 2.32. The Morgan fingerprint density at radius 2 is 1.88 bits per heavy atom. The van der Waals surface area contributed by atoms with Crippen molar-refractivity contribution < 1.29 is 10.2 Å². The number of halogens is 1. The van der Waals surface area contributed by atoms with Crippen LogP contribution < -0.4 is 0 Å². The lowest BCUT2D eigenvalue weighted by molar-refractivity contribution is 0.113. The summed E-state index contributed by atoms with van der Waals surface area (Å²) in [6, 6.07) is 7.76. The molecule has 16 heavy (non-hydrogen) atoms. The molecule has 0 aromatic heterocycles. The van der Waals surface area contributed by atoms with Gasteiger partial charge in [-0.15, -0.1) is 0 Å². The molecule has 2 N–H and O–H groups in total. The van der Waals surface area contributed by atoms with E-state index in [1.54, 1.807) is 11.8 Å². The molecular weight excluding hydrogens is 288 g/mol. The van der Waals surface area contributed by atoms with E-state index in [2.05, 4.69) is 15.9 Å². The Morgan fingerprint density at radius 1 is 1.25 bits per heavy atom. The Morgan fingerprint density at radius 3 is 2.38 bits per heavy atom. The van der Waals surface area contributed by atoms with Gasteiger partial charge in [0.05, 0.1) is 13.2 Å². The minimum Gasteiger partial charge on any atom is -0.395 e. The summed E-state index contributed by atoms with van der Waals surface area (Å²) in [5, 5.41) is 19.2. The molecule has 1 rings (SSSR count). The van der Waals surface area contributed by atoms with Gasteiger partial charge >= 0.3 is 0 Å². The van der Waals surface area contributed by atoms with E-state index < -0.39 is 5.41 Å². The number of hydrogen-bond donors (Lipinski definition) is 2. The SMILES string of the molecule is CSCCC(CO)(CO)c1ccccc1Br. The van der Waals surface area contributed by atoms with Crippen LogP contribution in [0.3, 0.4) is 0 Å². The van der Waals surface area contributed by atoms with Gasteiger partial charge < -0.3 is 10.2 Å². The number of aliphatic hydroxyl groups is 2. The molecule has 90 valence electrons. The summed E-state index contributed by atoms with van der Waals surface area (Å²) in [4.78, 5) is 0. The number of benzene rings is 1.